The maximum atomic E-state index is 13.8. The predicted octanol–water partition coefficient (Wildman–Crippen LogP) is 2.96. The average Bonchev–Trinajstić information content (AvgIpc) is 3.26. The number of rotatable bonds is 9. The minimum Gasteiger partial charge on any atom is -0.467 e. The zero-order valence-corrected chi connectivity index (χ0v) is 13.0. The number of aliphatic hydroxyl groups excluding tert-OH is 1. The minimum absolute atomic E-state index is 0.193. The molecule has 124 valence electrons. The summed E-state index contributed by atoms with van der Waals surface area (Å²) in [6.45, 7) is 1.59. The van der Waals surface area contributed by atoms with Crippen LogP contribution in [0.2, 0.25) is 0 Å². The van der Waals surface area contributed by atoms with Crippen LogP contribution < -0.4 is 0 Å². The van der Waals surface area contributed by atoms with Gasteiger partial charge in [-0.2, -0.15) is 0 Å². The molecule has 1 aliphatic rings. The lowest BCUT2D eigenvalue weighted by Gasteiger charge is -2.25. The van der Waals surface area contributed by atoms with E-state index in [4.69, 9.17) is 9.15 Å². The van der Waals surface area contributed by atoms with Crippen molar-refractivity contribution in [2.24, 2.45) is 0 Å². The molecule has 5 heteroatoms. The minimum atomic E-state index is -0.600. The molecule has 0 spiro atoms. The van der Waals surface area contributed by atoms with Gasteiger partial charge < -0.3 is 14.3 Å². The summed E-state index contributed by atoms with van der Waals surface area (Å²) in [5.74, 6) is 0.546. The van der Waals surface area contributed by atoms with E-state index in [1.807, 2.05) is 12.1 Å². The zero-order valence-electron chi connectivity index (χ0n) is 13.0. The third kappa shape index (κ3) is 4.89. The first-order valence-corrected chi connectivity index (χ1v) is 7.98. The highest BCUT2D eigenvalue weighted by molar-refractivity contribution is 5.17. The Balaban J connectivity index is 1.48. The number of furan rings is 1. The second-order valence-corrected chi connectivity index (χ2v) is 6.00. The Morgan fingerprint density at radius 1 is 1.26 bits per heavy atom. The smallest absolute Gasteiger partial charge is 0.129 e. The van der Waals surface area contributed by atoms with Crippen LogP contribution in [-0.4, -0.2) is 35.3 Å². The summed E-state index contributed by atoms with van der Waals surface area (Å²) < 4.78 is 24.5. The van der Waals surface area contributed by atoms with Crippen molar-refractivity contribution in [2.45, 2.75) is 38.1 Å². The Hall–Kier alpha value is -1.69. The van der Waals surface area contributed by atoms with Crippen LogP contribution in [-0.2, 0) is 17.9 Å². The fourth-order valence-electron chi connectivity index (χ4n) is 2.64. The van der Waals surface area contributed by atoms with Crippen LogP contribution in [0, 0.1) is 5.82 Å². The highest BCUT2D eigenvalue weighted by Crippen LogP contribution is 2.28. The normalized spacial score (nSPS) is 16.0. The van der Waals surface area contributed by atoms with E-state index >= 15 is 0 Å². The highest BCUT2D eigenvalue weighted by Gasteiger charge is 2.30. The topological polar surface area (TPSA) is 45.8 Å². The Morgan fingerprint density at radius 2 is 2.09 bits per heavy atom. The summed E-state index contributed by atoms with van der Waals surface area (Å²) in [4.78, 5) is 2.14. The molecule has 1 fully saturated rings. The summed E-state index contributed by atoms with van der Waals surface area (Å²) in [5.41, 5.74) is 0.670. The largest absolute Gasteiger partial charge is 0.467 e. The van der Waals surface area contributed by atoms with Crippen LogP contribution in [0.1, 0.15) is 24.2 Å². The molecule has 1 aromatic carbocycles. The molecule has 1 aromatic heterocycles. The molecule has 0 bridgehead atoms. The van der Waals surface area contributed by atoms with Crippen LogP contribution in [0.4, 0.5) is 4.39 Å². The Morgan fingerprint density at radius 3 is 2.78 bits per heavy atom. The van der Waals surface area contributed by atoms with Gasteiger partial charge in [-0.3, -0.25) is 4.90 Å². The van der Waals surface area contributed by atoms with Crippen molar-refractivity contribution in [2.75, 3.05) is 13.2 Å². The lowest BCUT2D eigenvalue weighted by molar-refractivity contribution is 0.00232. The van der Waals surface area contributed by atoms with Gasteiger partial charge in [-0.25, -0.2) is 4.39 Å². The van der Waals surface area contributed by atoms with E-state index in [9.17, 15) is 9.50 Å². The van der Waals surface area contributed by atoms with Crippen LogP contribution >= 0.6 is 0 Å². The molecule has 1 atom stereocenters. The number of nitrogens with zero attached hydrogens (tertiary/aromatic N) is 1. The number of benzene rings is 1. The van der Waals surface area contributed by atoms with E-state index in [2.05, 4.69) is 4.90 Å². The van der Waals surface area contributed by atoms with Gasteiger partial charge in [-0.05, 0) is 31.0 Å². The first kappa shape index (κ1) is 16.2. The molecular formula is C18H22FNO3. The van der Waals surface area contributed by atoms with E-state index < -0.39 is 6.10 Å². The van der Waals surface area contributed by atoms with Crippen molar-refractivity contribution >= 4 is 0 Å². The zero-order chi connectivity index (χ0) is 16.1. The SMILES string of the molecule is O[C@H](COCc1ccco1)CN(Cc1ccccc1F)C1CC1. The van der Waals surface area contributed by atoms with Gasteiger partial charge in [0.2, 0.25) is 0 Å². The number of hydrogen-bond acceptors (Lipinski definition) is 4. The maximum Gasteiger partial charge on any atom is 0.129 e. The first-order chi connectivity index (χ1) is 11.2. The summed E-state index contributed by atoms with van der Waals surface area (Å²) in [7, 11) is 0. The molecule has 0 saturated heterocycles. The Kier molecular flexibility index (Phi) is 5.43. The summed E-state index contributed by atoms with van der Waals surface area (Å²) in [6.07, 6.45) is 3.21. The van der Waals surface area contributed by atoms with E-state index in [0.29, 0.717) is 31.3 Å². The van der Waals surface area contributed by atoms with Crippen LogP contribution in [0.15, 0.2) is 47.1 Å². The van der Waals surface area contributed by atoms with Gasteiger partial charge in [0.1, 0.15) is 18.2 Å². The van der Waals surface area contributed by atoms with Gasteiger partial charge in [-0.1, -0.05) is 18.2 Å². The molecule has 3 rings (SSSR count). The van der Waals surface area contributed by atoms with E-state index in [-0.39, 0.29) is 12.4 Å². The lowest BCUT2D eigenvalue weighted by Crippen LogP contribution is -2.36. The van der Waals surface area contributed by atoms with Gasteiger partial charge in [-0.15, -0.1) is 0 Å². The monoisotopic (exact) mass is 319 g/mol. The number of ether oxygens (including phenoxy) is 1. The molecule has 1 heterocycles. The van der Waals surface area contributed by atoms with Gasteiger partial charge in [0.15, 0.2) is 0 Å². The molecule has 0 radical (unpaired) electrons. The maximum absolute atomic E-state index is 13.8. The molecule has 1 N–H and O–H groups in total. The fourth-order valence-corrected chi connectivity index (χ4v) is 2.64. The molecule has 0 unspecified atom stereocenters. The number of aliphatic hydroxyl groups is 1. The first-order valence-electron chi connectivity index (χ1n) is 7.98. The third-order valence-corrected chi connectivity index (χ3v) is 3.97. The van der Waals surface area contributed by atoms with E-state index in [0.717, 1.165) is 18.6 Å². The van der Waals surface area contributed by atoms with Crippen molar-refractivity contribution in [3.8, 4) is 0 Å². The highest BCUT2D eigenvalue weighted by atomic mass is 19.1. The molecular weight excluding hydrogens is 297 g/mol. The number of halogens is 1. The Labute approximate surface area is 135 Å². The molecule has 4 nitrogen and oxygen atoms in total. The molecule has 1 aliphatic carbocycles. The van der Waals surface area contributed by atoms with Crippen molar-refractivity contribution in [1.82, 2.24) is 4.90 Å². The third-order valence-electron chi connectivity index (χ3n) is 3.97. The predicted molar refractivity (Wildman–Crippen MR) is 84.2 cm³/mol. The average molecular weight is 319 g/mol. The van der Waals surface area contributed by atoms with Gasteiger partial charge in [0, 0.05) is 24.7 Å². The summed E-state index contributed by atoms with van der Waals surface area (Å²) in [6, 6.07) is 10.9. The second-order valence-electron chi connectivity index (χ2n) is 6.00. The molecule has 2 aromatic rings. The van der Waals surface area contributed by atoms with Crippen LogP contribution in [0.3, 0.4) is 0 Å². The van der Waals surface area contributed by atoms with Gasteiger partial charge in [0.25, 0.3) is 0 Å². The van der Waals surface area contributed by atoms with Crippen molar-refractivity contribution in [3.05, 3.63) is 59.8 Å². The van der Waals surface area contributed by atoms with Crippen molar-refractivity contribution in [1.29, 1.82) is 0 Å². The van der Waals surface area contributed by atoms with Crippen LogP contribution in [0.5, 0.6) is 0 Å². The molecule has 0 aliphatic heterocycles. The van der Waals surface area contributed by atoms with E-state index in [1.165, 1.54) is 6.07 Å². The quantitative estimate of drug-likeness (QED) is 0.772. The van der Waals surface area contributed by atoms with E-state index in [1.54, 1.807) is 24.5 Å². The molecule has 0 amide bonds. The summed E-state index contributed by atoms with van der Waals surface area (Å²) >= 11 is 0. The Bertz CT molecular complexity index is 598. The van der Waals surface area contributed by atoms with Gasteiger partial charge >= 0.3 is 0 Å². The molecule has 1 saturated carbocycles. The van der Waals surface area contributed by atoms with Gasteiger partial charge in [0.05, 0.1) is 19.0 Å². The standard InChI is InChI=1S/C18H22FNO3/c19-18-6-2-1-4-14(18)10-20(15-7-8-15)11-16(21)12-22-13-17-5-3-9-23-17/h1-6,9,15-16,21H,7-8,10-13H2/t16-/m0/s1. The summed E-state index contributed by atoms with van der Waals surface area (Å²) in [5, 5.41) is 10.2. The van der Waals surface area contributed by atoms with Crippen molar-refractivity contribution < 1.29 is 18.7 Å². The number of hydrogen-bond donors (Lipinski definition) is 1. The molecule has 23 heavy (non-hydrogen) atoms. The van der Waals surface area contributed by atoms with Crippen LogP contribution in [0.25, 0.3) is 0 Å². The second kappa shape index (κ2) is 7.73. The lowest BCUT2D eigenvalue weighted by atomic mass is 10.2. The fraction of sp³-hybridized carbons (Fsp3) is 0.444. The van der Waals surface area contributed by atoms with Crippen molar-refractivity contribution in [3.63, 3.8) is 0 Å².